The molecule has 2 aromatic carbocycles. The molecule has 13 heteroatoms. The molecule has 0 bridgehead atoms. The van der Waals surface area contributed by atoms with E-state index < -0.39 is 0 Å². The largest absolute Gasteiger partial charge is 0.495 e. The van der Waals surface area contributed by atoms with Gasteiger partial charge in [-0.3, -0.25) is 19.3 Å². The Morgan fingerprint density at radius 1 is 1.12 bits per heavy atom. The van der Waals surface area contributed by atoms with Crippen molar-refractivity contribution in [2.45, 2.75) is 13.5 Å². The Bertz CT molecular complexity index is 1620. The Labute approximate surface area is 259 Å². The number of ether oxygens (including phenoxy) is 2. The summed E-state index contributed by atoms with van der Waals surface area (Å²) in [5.41, 5.74) is 3.37. The quantitative estimate of drug-likeness (QED) is 0.193. The van der Waals surface area contributed by atoms with Crippen molar-refractivity contribution in [2.75, 3.05) is 36.3 Å². The molecule has 0 unspecified atom stereocenters. The SMILES string of the molecule is C=CC(=O)Nc1ccccc1NC(=C)/N=C\C1=C(C)N(Cc2ccn(C)n2)C(=O)N(c2c(Cl)c(OC)cc(OC)c2Cl)C1. The van der Waals surface area contributed by atoms with Crippen molar-refractivity contribution in [1.82, 2.24) is 14.7 Å². The van der Waals surface area contributed by atoms with Crippen molar-refractivity contribution in [1.29, 1.82) is 0 Å². The van der Waals surface area contributed by atoms with E-state index in [-0.39, 0.29) is 40.8 Å². The first kappa shape index (κ1) is 31.2. The first-order chi connectivity index (χ1) is 20.6. The van der Waals surface area contributed by atoms with Gasteiger partial charge in [0, 0.05) is 36.8 Å². The topological polar surface area (TPSA) is 113 Å². The van der Waals surface area contributed by atoms with Crippen LogP contribution in [0.3, 0.4) is 0 Å². The Kier molecular flexibility index (Phi) is 9.79. The van der Waals surface area contributed by atoms with Gasteiger partial charge in [0.15, 0.2) is 0 Å². The summed E-state index contributed by atoms with van der Waals surface area (Å²) < 4.78 is 12.5. The molecule has 0 saturated carbocycles. The number of allylic oxidation sites excluding steroid dienone is 1. The zero-order valence-corrected chi connectivity index (χ0v) is 25.7. The van der Waals surface area contributed by atoms with Crippen LogP contribution in [-0.4, -0.2) is 53.6 Å². The molecule has 11 nitrogen and oxygen atoms in total. The lowest BCUT2D eigenvalue weighted by atomic mass is 10.1. The van der Waals surface area contributed by atoms with Crippen LogP contribution in [0, 0.1) is 0 Å². The van der Waals surface area contributed by atoms with E-state index in [4.69, 9.17) is 32.7 Å². The number of rotatable bonds is 11. The van der Waals surface area contributed by atoms with Crippen LogP contribution in [0.5, 0.6) is 11.5 Å². The number of nitrogens with one attached hydrogen (secondary N) is 2. The molecule has 0 radical (unpaired) electrons. The molecule has 0 spiro atoms. The van der Waals surface area contributed by atoms with Crippen molar-refractivity contribution < 1.29 is 19.1 Å². The van der Waals surface area contributed by atoms with Crippen molar-refractivity contribution in [3.05, 3.63) is 94.7 Å². The van der Waals surface area contributed by atoms with Gasteiger partial charge in [-0.2, -0.15) is 5.10 Å². The number of methoxy groups -OCH3 is 2. The number of aliphatic imine (C=N–C) groups is 1. The van der Waals surface area contributed by atoms with Gasteiger partial charge in [0.05, 0.1) is 50.1 Å². The molecule has 43 heavy (non-hydrogen) atoms. The van der Waals surface area contributed by atoms with Crippen LogP contribution >= 0.6 is 23.2 Å². The monoisotopic (exact) mass is 623 g/mol. The van der Waals surface area contributed by atoms with Crippen molar-refractivity contribution in [3.8, 4) is 11.5 Å². The van der Waals surface area contributed by atoms with E-state index in [1.165, 1.54) is 25.2 Å². The third-order valence-corrected chi connectivity index (χ3v) is 7.33. The van der Waals surface area contributed by atoms with E-state index >= 15 is 0 Å². The number of hydrogen-bond acceptors (Lipinski definition) is 7. The van der Waals surface area contributed by atoms with Gasteiger partial charge in [-0.15, -0.1) is 0 Å². The van der Waals surface area contributed by atoms with E-state index in [2.05, 4.69) is 33.9 Å². The fourth-order valence-electron chi connectivity index (χ4n) is 4.36. The number of benzene rings is 2. The van der Waals surface area contributed by atoms with Crippen molar-refractivity contribution in [3.63, 3.8) is 0 Å². The molecular weight excluding hydrogens is 593 g/mol. The van der Waals surface area contributed by atoms with Gasteiger partial charge in [0.2, 0.25) is 5.91 Å². The molecule has 2 N–H and O–H groups in total. The van der Waals surface area contributed by atoms with Crippen LogP contribution in [0.25, 0.3) is 0 Å². The second-order valence-corrected chi connectivity index (χ2v) is 10.1. The predicted molar refractivity (Wildman–Crippen MR) is 170 cm³/mol. The fourth-order valence-corrected chi connectivity index (χ4v) is 5.06. The van der Waals surface area contributed by atoms with Crippen LogP contribution in [-0.2, 0) is 18.4 Å². The number of halogens is 2. The number of hydrogen-bond donors (Lipinski definition) is 2. The minimum atomic E-state index is -0.372. The summed E-state index contributed by atoms with van der Waals surface area (Å²) in [5, 5.41) is 10.6. The molecule has 224 valence electrons. The fraction of sp³-hybridized carbons (Fsp3) is 0.200. The zero-order valence-electron chi connectivity index (χ0n) is 24.1. The summed E-state index contributed by atoms with van der Waals surface area (Å²) in [7, 11) is 4.73. The predicted octanol–water partition coefficient (Wildman–Crippen LogP) is 6.24. The lowest BCUT2D eigenvalue weighted by molar-refractivity contribution is -0.111. The number of carbonyl (C=O) groups is 2. The summed E-state index contributed by atoms with van der Waals surface area (Å²) >= 11 is 13.4. The number of anilines is 3. The highest BCUT2D eigenvalue weighted by Crippen LogP contribution is 2.47. The van der Waals surface area contributed by atoms with Crippen LogP contribution < -0.4 is 25.0 Å². The van der Waals surface area contributed by atoms with Crippen LogP contribution in [0.2, 0.25) is 10.0 Å². The van der Waals surface area contributed by atoms with Gasteiger partial charge in [-0.1, -0.05) is 48.5 Å². The number of para-hydroxylation sites is 2. The first-order valence-electron chi connectivity index (χ1n) is 13.0. The molecule has 1 aliphatic rings. The molecule has 1 aromatic heterocycles. The van der Waals surface area contributed by atoms with Crippen LogP contribution in [0.4, 0.5) is 21.9 Å². The maximum atomic E-state index is 14.0. The highest BCUT2D eigenvalue weighted by atomic mass is 35.5. The summed E-state index contributed by atoms with van der Waals surface area (Å²) in [5.74, 6) is 0.529. The van der Waals surface area contributed by atoms with Crippen molar-refractivity contribution in [2.24, 2.45) is 12.0 Å². The molecule has 4 rings (SSSR count). The third kappa shape index (κ3) is 6.85. The number of aryl methyl sites for hydroxylation is 1. The molecule has 0 atom stereocenters. The summed E-state index contributed by atoms with van der Waals surface area (Å²) in [6, 6.07) is 10.1. The lowest BCUT2D eigenvalue weighted by Gasteiger charge is -2.37. The lowest BCUT2D eigenvalue weighted by Crippen LogP contribution is -2.48. The van der Waals surface area contributed by atoms with Gasteiger partial charge in [0.1, 0.15) is 27.4 Å². The average molecular weight is 625 g/mol. The van der Waals surface area contributed by atoms with E-state index in [0.29, 0.717) is 45.7 Å². The molecule has 0 aliphatic carbocycles. The second kappa shape index (κ2) is 13.5. The van der Waals surface area contributed by atoms with Crippen molar-refractivity contribution >= 4 is 58.4 Å². The maximum Gasteiger partial charge on any atom is 0.329 e. The Morgan fingerprint density at radius 3 is 2.30 bits per heavy atom. The molecule has 1 aliphatic heterocycles. The second-order valence-electron chi connectivity index (χ2n) is 9.37. The third-order valence-electron chi connectivity index (χ3n) is 6.59. The van der Waals surface area contributed by atoms with Gasteiger partial charge >= 0.3 is 6.03 Å². The normalized spacial score (nSPS) is 13.4. The van der Waals surface area contributed by atoms with E-state index in [1.54, 1.807) is 53.3 Å². The summed E-state index contributed by atoms with van der Waals surface area (Å²) in [6.07, 6.45) is 4.59. The van der Waals surface area contributed by atoms with Gasteiger partial charge < -0.3 is 20.1 Å². The molecule has 0 saturated heterocycles. The Hall–Kier alpha value is -4.74. The standard InChI is InChI=1S/C30H31Cl2N7O4/c1-7-26(40)35-23-11-9-8-10-22(23)34-19(3)33-15-20-16-39(29-27(31)24(42-5)14-25(43-6)28(29)32)30(41)38(18(20)2)17-21-12-13-37(4)36-21/h7-15,34H,1,3,16-17H2,2,4-6H3,(H,35,40)/b33-15-. The summed E-state index contributed by atoms with van der Waals surface area (Å²) in [4.78, 5) is 33.4. The van der Waals surface area contributed by atoms with Gasteiger partial charge in [-0.05, 0) is 31.2 Å². The Balaban J connectivity index is 1.71. The maximum absolute atomic E-state index is 14.0. The van der Waals surface area contributed by atoms with E-state index in [9.17, 15) is 9.59 Å². The summed E-state index contributed by atoms with van der Waals surface area (Å²) in [6.45, 7) is 9.59. The van der Waals surface area contributed by atoms with Crippen LogP contribution in [0.15, 0.2) is 83.9 Å². The molecule has 3 amide bonds. The molecular formula is C30H31Cl2N7O4. The van der Waals surface area contributed by atoms with Gasteiger partial charge in [0.25, 0.3) is 0 Å². The molecule has 0 fully saturated rings. The smallest absolute Gasteiger partial charge is 0.329 e. The van der Waals surface area contributed by atoms with Gasteiger partial charge in [-0.25, -0.2) is 9.79 Å². The number of urea groups is 1. The highest BCUT2D eigenvalue weighted by molar-refractivity contribution is 6.42. The molecule has 2 heterocycles. The first-order valence-corrected chi connectivity index (χ1v) is 13.7. The van der Waals surface area contributed by atoms with Crippen LogP contribution in [0.1, 0.15) is 12.6 Å². The number of amides is 3. The minimum absolute atomic E-state index is 0.0852. The average Bonchev–Trinajstić information content (AvgIpc) is 3.41. The number of carbonyl (C=O) groups excluding carboxylic acids is 2. The molecule has 3 aromatic rings. The number of nitrogens with zero attached hydrogens (tertiary/aromatic N) is 5. The van der Waals surface area contributed by atoms with E-state index in [1.807, 2.05) is 19.1 Å². The zero-order chi connectivity index (χ0) is 31.3. The minimum Gasteiger partial charge on any atom is -0.495 e. The Morgan fingerprint density at radius 2 is 1.74 bits per heavy atom. The number of aromatic nitrogens is 2. The van der Waals surface area contributed by atoms with E-state index in [0.717, 1.165) is 0 Å². The highest BCUT2D eigenvalue weighted by Gasteiger charge is 2.35.